The number of benzene rings is 1. The zero-order chi connectivity index (χ0) is 18.7. The van der Waals surface area contributed by atoms with Crippen molar-refractivity contribution in [3.8, 4) is 17.0 Å². The molecular weight excluding hydrogens is 332 g/mol. The van der Waals surface area contributed by atoms with Crippen LogP contribution in [0.4, 0.5) is 0 Å². The average molecular weight is 354 g/mol. The number of carbonyl (C=O) groups is 1. The first-order chi connectivity index (χ1) is 12.6. The smallest absolute Gasteiger partial charge is 0.277 e. The molecule has 26 heavy (non-hydrogen) atoms. The summed E-state index contributed by atoms with van der Waals surface area (Å²) in [5, 5.41) is 4.45. The fraction of sp³-hybridized carbons (Fsp3) is 0.316. The number of methoxy groups -OCH3 is 1. The summed E-state index contributed by atoms with van der Waals surface area (Å²) in [6.45, 7) is 5.12. The molecule has 0 bridgehead atoms. The maximum Gasteiger partial charge on any atom is 0.277 e. The van der Waals surface area contributed by atoms with E-state index in [1.807, 2.05) is 38.1 Å². The van der Waals surface area contributed by atoms with Crippen LogP contribution in [0.2, 0.25) is 0 Å². The Balaban J connectivity index is 1.94. The molecule has 7 heteroatoms. The van der Waals surface area contributed by atoms with Crippen molar-refractivity contribution in [2.24, 2.45) is 0 Å². The van der Waals surface area contributed by atoms with Crippen molar-refractivity contribution < 1.29 is 9.53 Å². The number of nitrogens with zero attached hydrogens (tertiary/aromatic N) is 4. The summed E-state index contributed by atoms with van der Waals surface area (Å²) in [5.41, 5.74) is 1.78. The number of fused-ring (bicyclic) bond motifs is 1. The van der Waals surface area contributed by atoms with Gasteiger partial charge in [-0.2, -0.15) is 5.10 Å². The third-order valence-electron chi connectivity index (χ3n) is 4.41. The summed E-state index contributed by atoms with van der Waals surface area (Å²) < 4.78 is 8.13. The van der Waals surface area contributed by atoms with Crippen LogP contribution in [-0.2, 0) is 11.3 Å². The molecule has 2 heterocycles. The minimum absolute atomic E-state index is 0.0278. The van der Waals surface area contributed by atoms with E-state index in [4.69, 9.17) is 4.74 Å². The van der Waals surface area contributed by atoms with Crippen molar-refractivity contribution in [1.82, 2.24) is 19.1 Å². The van der Waals surface area contributed by atoms with Crippen LogP contribution in [0, 0.1) is 0 Å². The molecule has 0 radical (unpaired) electrons. The van der Waals surface area contributed by atoms with Gasteiger partial charge in [-0.15, -0.1) is 0 Å². The lowest BCUT2D eigenvalue weighted by Crippen LogP contribution is -2.36. The number of hydrogen-bond acceptors (Lipinski definition) is 4. The first kappa shape index (κ1) is 17.7. The molecule has 7 nitrogen and oxygen atoms in total. The predicted molar refractivity (Wildman–Crippen MR) is 99.4 cm³/mol. The number of ether oxygens (including phenoxy) is 1. The highest BCUT2D eigenvalue weighted by Crippen LogP contribution is 2.21. The summed E-state index contributed by atoms with van der Waals surface area (Å²) in [6, 6.07) is 9.22. The number of amides is 1. The Hall–Kier alpha value is -3.09. The molecule has 0 aliphatic rings. The van der Waals surface area contributed by atoms with Crippen molar-refractivity contribution >= 4 is 11.4 Å². The summed E-state index contributed by atoms with van der Waals surface area (Å²) in [6.07, 6.45) is 3.29. The van der Waals surface area contributed by atoms with Crippen LogP contribution in [0.5, 0.6) is 5.75 Å². The second kappa shape index (κ2) is 7.43. The van der Waals surface area contributed by atoms with E-state index in [1.54, 1.807) is 35.0 Å². The standard InChI is InChI=1S/C19H22N4O3/c1-4-21(5-2)18(24)13-22-10-11-23-17(19(22)25)12-16(20-23)14-6-8-15(26-3)9-7-14/h6-12H,4-5,13H2,1-3H3. The minimum atomic E-state index is -0.236. The molecule has 0 saturated carbocycles. The summed E-state index contributed by atoms with van der Waals surface area (Å²) in [4.78, 5) is 26.7. The molecule has 0 atom stereocenters. The van der Waals surface area contributed by atoms with Gasteiger partial charge in [0.25, 0.3) is 5.56 Å². The third-order valence-corrected chi connectivity index (χ3v) is 4.41. The molecule has 0 saturated heterocycles. The number of likely N-dealkylation sites (N-methyl/N-ethyl adjacent to an activating group) is 1. The summed E-state index contributed by atoms with van der Waals surface area (Å²) in [7, 11) is 1.61. The maximum absolute atomic E-state index is 12.7. The number of aromatic nitrogens is 3. The first-order valence-corrected chi connectivity index (χ1v) is 8.58. The van der Waals surface area contributed by atoms with E-state index < -0.39 is 0 Å². The van der Waals surface area contributed by atoms with Gasteiger partial charge in [0.05, 0.1) is 12.8 Å². The third kappa shape index (κ3) is 3.33. The zero-order valence-electron chi connectivity index (χ0n) is 15.2. The van der Waals surface area contributed by atoms with E-state index in [9.17, 15) is 9.59 Å². The Morgan fingerprint density at radius 2 is 1.85 bits per heavy atom. The lowest BCUT2D eigenvalue weighted by Gasteiger charge is -2.19. The van der Waals surface area contributed by atoms with Gasteiger partial charge in [-0.3, -0.25) is 9.59 Å². The van der Waals surface area contributed by atoms with Crippen molar-refractivity contribution in [2.45, 2.75) is 20.4 Å². The van der Waals surface area contributed by atoms with E-state index in [-0.39, 0.29) is 18.0 Å². The number of hydrogen-bond donors (Lipinski definition) is 0. The molecule has 3 rings (SSSR count). The van der Waals surface area contributed by atoms with E-state index in [0.717, 1.165) is 11.3 Å². The topological polar surface area (TPSA) is 68.8 Å². The Morgan fingerprint density at radius 3 is 2.46 bits per heavy atom. The normalized spacial score (nSPS) is 10.9. The Labute approximate surface area is 151 Å². The lowest BCUT2D eigenvalue weighted by atomic mass is 10.1. The van der Waals surface area contributed by atoms with E-state index in [0.29, 0.717) is 24.3 Å². The van der Waals surface area contributed by atoms with E-state index >= 15 is 0 Å². The molecule has 2 aromatic heterocycles. The molecule has 3 aromatic rings. The van der Waals surface area contributed by atoms with Crippen LogP contribution in [0.1, 0.15) is 13.8 Å². The zero-order valence-corrected chi connectivity index (χ0v) is 15.2. The van der Waals surface area contributed by atoms with Gasteiger partial charge in [0.1, 0.15) is 17.8 Å². The molecule has 136 valence electrons. The highest BCUT2D eigenvalue weighted by Gasteiger charge is 2.14. The van der Waals surface area contributed by atoms with Gasteiger partial charge in [-0.25, -0.2) is 4.52 Å². The Kier molecular flexibility index (Phi) is 5.06. The van der Waals surface area contributed by atoms with Gasteiger partial charge in [0.2, 0.25) is 5.91 Å². The molecule has 0 unspecified atom stereocenters. The van der Waals surface area contributed by atoms with Crippen LogP contribution < -0.4 is 10.3 Å². The molecule has 0 N–H and O–H groups in total. The van der Waals surface area contributed by atoms with Crippen LogP contribution in [0.3, 0.4) is 0 Å². The quantitative estimate of drug-likeness (QED) is 0.679. The van der Waals surface area contributed by atoms with Crippen LogP contribution in [-0.4, -0.2) is 45.2 Å². The summed E-state index contributed by atoms with van der Waals surface area (Å²) >= 11 is 0. The molecule has 0 aliphatic heterocycles. The molecular formula is C19H22N4O3. The second-order valence-corrected chi connectivity index (χ2v) is 5.89. The highest BCUT2D eigenvalue weighted by atomic mass is 16.5. The first-order valence-electron chi connectivity index (χ1n) is 8.58. The SMILES string of the molecule is CCN(CC)C(=O)Cn1ccn2nc(-c3ccc(OC)cc3)cc2c1=O. The molecule has 0 aliphatic carbocycles. The largest absolute Gasteiger partial charge is 0.497 e. The van der Waals surface area contributed by atoms with Crippen molar-refractivity contribution in [2.75, 3.05) is 20.2 Å². The van der Waals surface area contributed by atoms with Crippen LogP contribution in [0.15, 0.2) is 47.5 Å². The lowest BCUT2D eigenvalue weighted by molar-refractivity contribution is -0.131. The number of rotatable bonds is 6. The van der Waals surface area contributed by atoms with Crippen molar-refractivity contribution in [1.29, 1.82) is 0 Å². The summed E-state index contributed by atoms with van der Waals surface area (Å²) in [5.74, 6) is 0.686. The van der Waals surface area contributed by atoms with Crippen molar-refractivity contribution in [3.63, 3.8) is 0 Å². The van der Waals surface area contributed by atoms with Gasteiger partial charge in [-0.05, 0) is 44.2 Å². The van der Waals surface area contributed by atoms with Crippen molar-refractivity contribution in [3.05, 3.63) is 53.1 Å². The fourth-order valence-corrected chi connectivity index (χ4v) is 2.88. The van der Waals surface area contributed by atoms with Gasteiger partial charge in [-0.1, -0.05) is 0 Å². The predicted octanol–water partition coefficient (Wildman–Crippen LogP) is 2.04. The molecule has 0 spiro atoms. The number of carbonyl (C=O) groups excluding carboxylic acids is 1. The molecule has 0 fully saturated rings. The molecule has 1 aromatic carbocycles. The Morgan fingerprint density at radius 1 is 1.15 bits per heavy atom. The van der Waals surface area contributed by atoms with E-state index in [2.05, 4.69) is 5.10 Å². The van der Waals surface area contributed by atoms with Gasteiger partial charge < -0.3 is 14.2 Å². The van der Waals surface area contributed by atoms with Gasteiger partial charge in [0.15, 0.2) is 0 Å². The Bertz CT molecular complexity index is 969. The highest BCUT2D eigenvalue weighted by molar-refractivity contribution is 5.76. The van der Waals surface area contributed by atoms with E-state index in [1.165, 1.54) is 4.57 Å². The average Bonchev–Trinajstić information content (AvgIpc) is 3.10. The monoisotopic (exact) mass is 354 g/mol. The molecule has 1 amide bonds. The fourth-order valence-electron chi connectivity index (χ4n) is 2.88. The van der Waals surface area contributed by atoms with Crippen LogP contribution >= 0.6 is 0 Å². The van der Waals surface area contributed by atoms with Gasteiger partial charge in [0, 0.05) is 31.0 Å². The second-order valence-electron chi connectivity index (χ2n) is 5.89. The van der Waals surface area contributed by atoms with Crippen LogP contribution in [0.25, 0.3) is 16.8 Å². The van der Waals surface area contributed by atoms with Gasteiger partial charge >= 0.3 is 0 Å². The maximum atomic E-state index is 12.7. The minimum Gasteiger partial charge on any atom is -0.497 e.